The molecular weight excluding hydrogens is 306 g/mol. The van der Waals surface area contributed by atoms with Crippen LogP contribution in [0.2, 0.25) is 18.0 Å². The molecule has 4 saturated heterocycles. The van der Waals surface area contributed by atoms with E-state index in [0.29, 0.717) is 0 Å². The highest BCUT2D eigenvalue weighted by atomic mass is 31.1. The van der Waals surface area contributed by atoms with Crippen LogP contribution in [-0.2, 0) is 0 Å². The fraction of sp³-hybridized carbons (Fsp3) is 1.00. The minimum absolute atomic E-state index is 0.0526. The van der Waals surface area contributed by atoms with Crippen LogP contribution in [0.5, 0.6) is 0 Å². The number of unbranched alkanes of at least 4 members (excludes halogenated alkanes) is 3. The third-order valence-electron chi connectivity index (χ3n) is 8.52. The molecule has 4 fully saturated rings. The molecule has 0 unspecified atom stereocenters. The number of rotatable bonds is 7. The van der Waals surface area contributed by atoms with E-state index < -0.39 is 0 Å². The van der Waals surface area contributed by atoms with Gasteiger partial charge in [0.15, 0.2) is 0 Å². The van der Waals surface area contributed by atoms with Crippen molar-refractivity contribution >= 4 is 14.6 Å². The molecule has 4 aliphatic rings. The molecule has 4 bridgehead atoms. The van der Waals surface area contributed by atoms with Gasteiger partial charge in [0.2, 0.25) is 0 Å². The Bertz CT molecular complexity index is 304. The van der Waals surface area contributed by atoms with Crippen molar-refractivity contribution in [3.63, 3.8) is 0 Å². The summed E-state index contributed by atoms with van der Waals surface area (Å²) in [7, 11) is 0.0526. The van der Waals surface area contributed by atoms with Crippen LogP contribution in [-0.4, -0.2) is 24.2 Å². The lowest BCUT2D eigenvalue weighted by Crippen LogP contribution is -2.34. The van der Waals surface area contributed by atoms with Crippen molar-refractivity contribution in [1.29, 1.82) is 0 Å². The van der Waals surface area contributed by atoms with Crippen molar-refractivity contribution < 1.29 is 0 Å². The van der Waals surface area contributed by atoms with Gasteiger partial charge in [-0.1, -0.05) is 69.3 Å². The van der Waals surface area contributed by atoms with Crippen molar-refractivity contribution in [3.05, 3.63) is 0 Å². The molecule has 24 heavy (non-hydrogen) atoms. The molecule has 0 aliphatic carbocycles. The molecule has 0 atom stereocenters. The number of fused-ring (bicyclic) bond motifs is 4. The minimum Gasteiger partial charge on any atom is -0.0737 e. The van der Waals surface area contributed by atoms with Gasteiger partial charge in [0.25, 0.3) is 0 Å². The van der Waals surface area contributed by atoms with Gasteiger partial charge in [0.1, 0.15) is 6.71 Å². The SMILES string of the molecule is C(CCC[PH+]1C2CCCC1CCC2)CCB1C2CCCC1CCC2. The average molecular weight is 347 g/mol. The smallest absolute Gasteiger partial charge is 0.0737 e. The Morgan fingerprint density at radius 2 is 1.08 bits per heavy atom. The van der Waals surface area contributed by atoms with Crippen LogP contribution in [0.15, 0.2) is 0 Å². The average Bonchev–Trinajstić information content (AvgIpc) is 2.57. The zero-order valence-corrected chi connectivity index (χ0v) is 17.1. The molecule has 4 rings (SSSR count). The maximum atomic E-state index is 1.69. The standard InChI is InChI=1S/C22H40BP/c1(3-17-23-19-9-5-10-20(23)12-6-11-19)2-4-18-24-21-13-7-14-22(24)16-8-15-21/h19-22H,1-18H2/p+1. The summed E-state index contributed by atoms with van der Waals surface area (Å²) in [6, 6.07) is 0. The summed E-state index contributed by atoms with van der Waals surface area (Å²) in [5.74, 6) is 2.29. The Hall–Kier alpha value is 0.495. The molecule has 4 heterocycles. The predicted molar refractivity (Wildman–Crippen MR) is 113 cm³/mol. The zero-order chi connectivity index (χ0) is 16.2. The van der Waals surface area contributed by atoms with E-state index in [4.69, 9.17) is 0 Å². The lowest BCUT2D eigenvalue weighted by Gasteiger charge is -2.40. The van der Waals surface area contributed by atoms with E-state index in [-0.39, 0.29) is 7.92 Å². The summed E-state index contributed by atoms with van der Waals surface area (Å²) < 4.78 is 0. The van der Waals surface area contributed by atoms with E-state index >= 15 is 0 Å². The minimum atomic E-state index is 0.0526. The van der Waals surface area contributed by atoms with E-state index in [2.05, 4.69) is 0 Å². The second kappa shape index (κ2) is 8.93. The molecule has 0 saturated carbocycles. The van der Waals surface area contributed by atoms with Gasteiger partial charge in [-0.15, -0.1) is 0 Å². The van der Waals surface area contributed by atoms with Gasteiger partial charge in [0, 0.05) is 7.92 Å². The van der Waals surface area contributed by atoms with E-state index in [1.807, 2.05) is 0 Å². The predicted octanol–water partition coefficient (Wildman–Crippen LogP) is 7.47. The van der Waals surface area contributed by atoms with Crippen molar-refractivity contribution in [3.8, 4) is 0 Å². The summed E-state index contributed by atoms with van der Waals surface area (Å²) in [5, 5.41) is 0. The first kappa shape index (κ1) is 17.9. The first-order valence-electron chi connectivity index (χ1n) is 11.8. The van der Waals surface area contributed by atoms with Crippen LogP contribution >= 0.6 is 7.92 Å². The topological polar surface area (TPSA) is 0 Å². The van der Waals surface area contributed by atoms with E-state index in [9.17, 15) is 0 Å². The Morgan fingerprint density at radius 1 is 0.583 bits per heavy atom. The van der Waals surface area contributed by atoms with Gasteiger partial charge in [0.05, 0.1) is 17.5 Å². The fourth-order valence-corrected chi connectivity index (χ4v) is 11.8. The summed E-state index contributed by atoms with van der Waals surface area (Å²) in [5.41, 5.74) is 2.48. The summed E-state index contributed by atoms with van der Waals surface area (Å²) in [4.78, 5) is 0. The highest BCUT2D eigenvalue weighted by Gasteiger charge is 2.41. The second-order valence-electron chi connectivity index (χ2n) is 9.83. The van der Waals surface area contributed by atoms with E-state index in [0.717, 1.165) is 18.3 Å². The Balaban J connectivity index is 1.12. The van der Waals surface area contributed by atoms with Crippen LogP contribution in [0, 0.1) is 0 Å². The van der Waals surface area contributed by atoms with Gasteiger partial charge in [-0.05, 0) is 51.4 Å². The summed E-state index contributed by atoms with van der Waals surface area (Å²) in [6.45, 7) is 1.15. The van der Waals surface area contributed by atoms with E-state index in [1.54, 1.807) is 115 Å². The third-order valence-corrected chi connectivity index (χ3v) is 12.7. The van der Waals surface area contributed by atoms with Crippen LogP contribution < -0.4 is 0 Å². The molecule has 0 aromatic heterocycles. The molecule has 0 spiro atoms. The van der Waals surface area contributed by atoms with Crippen molar-refractivity contribution in [2.45, 2.75) is 132 Å². The highest BCUT2D eigenvalue weighted by Crippen LogP contribution is 2.59. The quantitative estimate of drug-likeness (QED) is 0.254. The van der Waals surface area contributed by atoms with Crippen molar-refractivity contribution in [2.75, 3.05) is 6.16 Å². The lowest BCUT2D eigenvalue weighted by molar-refractivity contribution is 0.439. The van der Waals surface area contributed by atoms with Gasteiger partial charge in [-0.3, -0.25) is 0 Å². The zero-order valence-electron chi connectivity index (χ0n) is 16.1. The van der Waals surface area contributed by atoms with Gasteiger partial charge >= 0.3 is 0 Å². The first-order valence-corrected chi connectivity index (χ1v) is 13.6. The molecular formula is C22H41BP+. The second-order valence-corrected chi connectivity index (χ2v) is 13.1. The van der Waals surface area contributed by atoms with E-state index in [1.165, 1.54) is 11.3 Å². The lowest BCUT2D eigenvalue weighted by atomic mass is 9.26. The Morgan fingerprint density at radius 3 is 1.67 bits per heavy atom. The van der Waals surface area contributed by atoms with Crippen molar-refractivity contribution in [2.24, 2.45) is 0 Å². The Labute approximate surface area is 153 Å². The molecule has 2 heteroatoms. The molecule has 4 aliphatic heterocycles. The maximum Gasteiger partial charge on any atom is 0.146 e. The summed E-state index contributed by atoms with van der Waals surface area (Å²) >= 11 is 0. The molecule has 0 aromatic carbocycles. The largest absolute Gasteiger partial charge is 0.146 e. The first-order chi connectivity index (χ1) is 11.9. The molecule has 0 N–H and O–H groups in total. The van der Waals surface area contributed by atoms with Crippen LogP contribution in [0.1, 0.15) is 103 Å². The molecule has 0 radical (unpaired) electrons. The molecule has 0 aromatic rings. The van der Waals surface area contributed by atoms with Gasteiger partial charge in [-0.25, -0.2) is 0 Å². The monoisotopic (exact) mass is 347 g/mol. The van der Waals surface area contributed by atoms with Crippen LogP contribution in [0.4, 0.5) is 0 Å². The Kier molecular flexibility index (Phi) is 6.65. The molecule has 0 amide bonds. The normalized spacial score (nSPS) is 39.0. The van der Waals surface area contributed by atoms with Gasteiger partial charge < -0.3 is 0 Å². The number of hydrogen-bond donors (Lipinski definition) is 0. The highest BCUT2D eigenvalue weighted by molar-refractivity contribution is 7.59. The van der Waals surface area contributed by atoms with Crippen LogP contribution in [0.25, 0.3) is 0 Å². The third kappa shape index (κ3) is 4.24. The van der Waals surface area contributed by atoms with Gasteiger partial charge in [-0.2, -0.15) is 0 Å². The maximum absolute atomic E-state index is 1.69. The van der Waals surface area contributed by atoms with Crippen LogP contribution in [0.3, 0.4) is 0 Å². The fourth-order valence-electron chi connectivity index (χ4n) is 7.34. The van der Waals surface area contributed by atoms with Crippen molar-refractivity contribution in [1.82, 2.24) is 0 Å². The molecule has 136 valence electrons. The summed E-state index contributed by atoms with van der Waals surface area (Å²) in [6.07, 6.45) is 28.6. The number of hydrogen-bond acceptors (Lipinski definition) is 0. The molecule has 0 nitrogen and oxygen atoms in total.